The van der Waals surface area contributed by atoms with E-state index in [-0.39, 0.29) is 23.0 Å². The standard InChI is InChI=1S/C22H24N2O6S2/c1-14(4-11-21(25)26)22-23-13-19(31-22)15-5-7-16(8-6-15)24-32(27,28)20-10-9-17(29-2)12-18(20)30-3/h5-10,12-14,24H,4,11H2,1-3H3,(H,25,26). The van der Waals surface area contributed by atoms with Crippen LogP contribution in [0.3, 0.4) is 0 Å². The van der Waals surface area contributed by atoms with Crippen LogP contribution in [0.5, 0.6) is 11.5 Å². The summed E-state index contributed by atoms with van der Waals surface area (Å²) in [4.78, 5) is 16.1. The minimum atomic E-state index is -3.87. The number of nitrogens with one attached hydrogen (secondary N) is 1. The highest BCUT2D eigenvalue weighted by molar-refractivity contribution is 7.92. The van der Waals surface area contributed by atoms with Gasteiger partial charge in [0.25, 0.3) is 10.0 Å². The molecule has 0 spiro atoms. The summed E-state index contributed by atoms with van der Waals surface area (Å²) in [5.74, 6) is -0.0941. The van der Waals surface area contributed by atoms with Crippen LogP contribution in [0.2, 0.25) is 0 Å². The Morgan fingerprint density at radius 3 is 2.50 bits per heavy atom. The van der Waals surface area contributed by atoms with Crippen LogP contribution < -0.4 is 14.2 Å². The van der Waals surface area contributed by atoms with Crippen molar-refractivity contribution in [2.24, 2.45) is 0 Å². The molecule has 10 heteroatoms. The number of methoxy groups -OCH3 is 2. The van der Waals surface area contributed by atoms with Crippen LogP contribution in [0.15, 0.2) is 53.6 Å². The van der Waals surface area contributed by atoms with Gasteiger partial charge in [0.2, 0.25) is 0 Å². The van der Waals surface area contributed by atoms with Gasteiger partial charge in [-0.25, -0.2) is 13.4 Å². The van der Waals surface area contributed by atoms with E-state index < -0.39 is 16.0 Å². The molecule has 1 unspecified atom stereocenters. The molecule has 0 amide bonds. The number of carboxylic acid groups (broad SMARTS) is 1. The third-order valence-electron chi connectivity index (χ3n) is 4.82. The number of thiazole rings is 1. The molecule has 2 N–H and O–H groups in total. The smallest absolute Gasteiger partial charge is 0.303 e. The quantitative estimate of drug-likeness (QED) is 0.439. The van der Waals surface area contributed by atoms with Crippen molar-refractivity contribution >= 4 is 33.0 Å². The second kappa shape index (κ2) is 10.0. The normalized spacial score (nSPS) is 12.2. The molecule has 0 saturated carbocycles. The van der Waals surface area contributed by atoms with Gasteiger partial charge in [-0.05, 0) is 36.2 Å². The topological polar surface area (TPSA) is 115 Å². The number of benzene rings is 2. The van der Waals surface area contributed by atoms with Gasteiger partial charge in [-0.15, -0.1) is 11.3 Å². The first kappa shape index (κ1) is 23.6. The molecule has 1 atom stereocenters. The Labute approximate surface area is 190 Å². The third-order valence-corrected chi connectivity index (χ3v) is 7.52. The summed E-state index contributed by atoms with van der Waals surface area (Å²) >= 11 is 1.50. The van der Waals surface area contributed by atoms with E-state index in [1.165, 1.54) is 37.7 Å². The van der Waals surface area contributed by atoms with Gasteiger partial charge in [-0.1, -0.05) is 19.1 Å². The van der Waals surface area contributed by atoms with Gasteiger partial charge in [0.1, 0.15) is 16.4 Å². The number of ether oxygens (including phenoxy) is 2. The van der Waals surface area contributed by atoms with Crippen LogP contribution in [0, 0.1) is 0 Å². The fraction of sp³-hybridized carbons (Fsp3) is 0.273. The van der Waals surface area contributed by atoms with Crippen LogP contribution in [0.1, 0.15) is 30.7 Å². The molecule has 2 aromatic carbocycles. The van der Waals surface area contributed by atoms with E-state index in [4.69, 9.17) is 14.6 Å². The molecule has 3 aromatic rings. The molecular formula is C22H24N2O6S2. The maximum Gasteiger partial charge on any atom is 0.303 e. The van der Waals surface area contributed by atoms with Crippen molar-refractivity contribution in [3.63, 3.8) is 0 Å². The van der Waals surface area contributed by atoms with Crippen molar-refractivity contribution in [1.29, 1.82) is 0 Å². The Hall–Kier alpha value is -3.11. The van der Waals surface area contributed by atoms with Gasteiger partial charge >= 0.3 is 5.97 Å². The van der Waals surface area contributed by atoms with Gasteiger partial charge in [-0.2, -0.15) is 0 Å². The van der Waals surface area contributed by atoms with Crippen molar-refractivity contribution < 1.29 is 27.8 Å². The van der Waals surface area contributed by atoms with Crippen molar-refractivity contribution in [2.45, 2.75) is 30.6 Å². The van der Waals surface area contributed by atoms with Gasteiger partial charge in [0.05, 0.1) is 24.1 Å². The number of rotatable bonds is 10. The molecule has 170 valence electrons. The zero-order chi connectivity index (χ0) is 23.3. The number of aliphatic carboxylic acids is 1. The number of hydrogen-bond donors (Lipinski definition) is 2. The highest BCUT2D eigenvalue weighted by Gasteiger charge is 2.20. The van der Waals surface area contributed by atoms with Crippen LogP contribution >= 0.6 is 11.3 Å². The monoisotopic (exact) mass is 476 g/mol. The van der Waals surface area contributed by atoms with Crippen LogP contribution in [0.25, 0.3) is 10.4 Å². The van der Waals surface area contributed by atoms with Crippen molar-refractivity contribution in [3.8, 4) is 21.9 Å². The van der Waals surface area contributed by atoms with E-state index in [2.05, 4.69) is 9.71 Å². The molecule has 0 aliphatic rings. The molecule has 0 aliphatic carbocycles. The minimum absolute atomic E-state index is 0.00678. The lowest BCUT2D eigenvalue weighted by Crippen LogP contribution is -2.14. The van der Waals surface area contributed by atoms with Gasteiger partial charge in [0, 0.05) is 30.3 Å². The number of nitrogens with zero attached hydrogens (tertiary/aromatic N) is 1. The summed E-state index contributed by atoms with van der Waals surface area (Å²) in [6.45, 7) is 1.96. The molecule has 32 heavy (non-hydrogen) atoms. The van der Waals surface area contributed by atoms with Crippen LogP contribution in [0.4, 0.5) is 5.69 Å². The first-order valence-corrected chi connectivity index (χ1v) is 12.1. The number of sulfonamides is 1. The number of carboxylic acids is 1. The second-order valence-corrected chi connectivity index (χ2v) is 9.81. The molecular weight excluding hydrogens is 452 g/mol. The summed E-state index contributed by atoms with van der Waals surface area (Å²) in [6, 6.07) is 11.5. The minimum Gasteiger partial charge on any atom is -0.497 e. The van der Waals surface area contributed by atoms with E-state index in [1.807, 2.05) is 19.1 Å². The van der Waals surface area contributed by atoms with Gasteiger partial charge < -0.3 is 14.6 Å². The Morgan fingerprint density at radius 1 is 1.16 bits per heavy atom. The summed E-state index contributed by atoms with van der Waals surface area (Å²) < 4.78 is 38.6. The number of carbonyl (C=O) groups is 1. The SMILES string of the molecule is COc1ccc(S(=O)(=O)Nc2ccc(-c3cnc(C(C)CCC(=O)O)s3)cc2)c(OC)c1. The van der Waals surface area contributed by atoms with Crippen molar-refractivity contribution in [3.05, 3.63) is 53.7 Å². The largest absolute Gasteiger partial charge is 0.497 e. The Kier molecular flexibility index (Phi) is 7.37. The second-order valence-electron chi connectivity index (χ2n) is 7.10. The molecule has 3 rings (SSSR count). The van der Waals surface area contributed by atoms with E-state index >= 15 is 0 Å². The summed E-state index contributed by atoms with van der Waals surface area (Å²) in [7, 11) is -0.978. The Morgan fingerprint density at radius 2 is 1.88 bits per heavy atom. The van der Waals surface area contributed by atoms with Gasteiger partial charge in [0.15, 0.2) is 0 Å². The molecule has 1 heterocycles. The Balaban J connectivity index is 1.75. The molecule has 0 saturated heterocycles. The molecule has 0 aliphatic heterocycles. The molecule has 0 radical (unpaired) electrons. The van der Waals surface area contributed by atoms with Crippen molar-refractivity contribution in [2.75, 3.05) is 18.9 Å². The lowest BCUT2D eigenvalue weighted by Gasteiger charge is -2.13. The van der Waals surface area contributed by atoms with Crippen LogP contribution in [-0.2, 0) is 14.8 Å². The molecule has 0 bridgehead atoms. The first-order chi connectivity index (χ1) is 15.2. The van der Waals surface area contributed by atoms with E-state index in [1.54, 1.807) is 24.4 Å². The van der Waals surface area contributed by atoms with Crippen molar-refractivity contribution in [1.82, 2.24) is 4.98 Å². The average molecular weight is 477 g/mol. The average Bonchev–Trinajstić information content (AvgIpc) is 3.27. The number of hydrogen-bond acceptors (Lipinski definition) is 7. The summed E-state index contributed by atoms with van der Waals surface area (Å²) in [5.41, 5.74) is 1.30. The fourth-order valence-corrected chi connectivity index (χ4v) is 5.24. The Bertz CT molecular complexity index is 1190. The fourth-order valence-electron chi connectivity index (χ4n) is 3.02. The highest BCUT2D eigenvalue weighted by Crippen LogP contribution is 2.33. The predicted molar refractivity (Wildman–Crippen MR) is 123 cm³/mol. The summed E-state index contributed by atoms with van der Waals surface area (Å²) in [5, 5.41) is 9.72. The number of anilines is 1. The van der Waals surface area contributed by atoms with E-state index in [0.29, 0.717) is 17.9 Å². The summed E-state index contributed by atoms with van der Waals surface area (Å²) in [6.07, 6.45) is 2.38. The zero-order valence-electron chi connectivity index (χ0n) is 17.9. The zero-order valence-corrected chi connectivity index (χ0v) is 19.5. The lowest BCUT2D eigenvalue weighted by molar-refractivity contribution is -0.137. The lowest BCUT2D eigenvalue weighted by atomic mass is 10.1. The predicted octanol–water partition coefficient (Wildman–Crippen LogP) is 4.60. The maximum absolute atomic E-state index is 12.8. The molecule has 8 nitrogen and oxygen atoms in total. The van der Waals surface area contributed by atoms with E-state index in [0.717, 1.165) is 15.4 Å². The molecule has 1 aromatic heterocycles. The highest BCUT2D eigenvalue weighted by atomic mass is 32.2. The number of aromatic nitrogens is 1. The molecule has 0 fully saturated rings. The maximum atomic E-state index is 12.8. The van der Waals surface area contributed by atoms with Gasteiger partial charge in [-0.3, -0.25) is 9.52 Å². The third kappa shape index (κ3) is 5.57. The first-order valence-electron chi connectivity index (χ1n) is 9.76. The van der Waals surface area contributed by atoms with E-state index in [9.17, 15) is 13.2 Å². The van der Waals surface area contributed by atoms with Crippen LogP contribution in [-0.4, -0.2) is 38.7 Å².